The Hall–Kier alpha value is -0.222. The topological polar surface area (TPSA) is 0 Å². The molecule has 0 radical (unpaired) electrons. The summed E-state index contributed by atoms with van der Waals surface area (Å²) in [5.74, 6) is 0. The summed E-state index contributed by atoms with van der Waals surface area (Å²) < 4.78 is 1.17. The van der Waals surface area contributed by atoms with Gasteiger partial charge in [0.1, 0.15) is 0 Å². The van der Waals surface area contributed by atoms with E-state index in [4.69, 9.17) is 0 Å². The van der Waals surface area contributed by atoms with E-state index in [1.165, 1.54) is 33.9 Å². The van der Waals surface area contributed by atoms with Gasteiger partial charge in [0.05, 0.1) is 0 Å². The van der Waals surface area contributed by atoms with E-state index in [1.54, 1.807) is 5.56 Å². The quantitative estimate of drug-likeness (QED) is 0.718. The molecule has 0 aromatic heterocycles. The molecule has 0 N–H and O–H groups in total. The third-order valence-corrected chi connectivity index (χ3v) is 8.56. The molecule has 0 bridgehead atoms. The van der Waals surface area contributed by atoms with Crippen molar-refractivity contribution >= 4 is 14.7 Å². The van der Waals surface area contributed by atoms with Crippen LogP contribution in [0.2, 0.25) is 10.4 Å². The molecule has 0 saturated heterocycles. The van der Waals surface area contributed by atoms with Crippen LogP contribution in [0.25, 0.3) is 0 Å². The summed E-state index contributed by atoms with van der Waals surface area (Å²) in [5.41, 5.74) is 7.09. The molecule has 0 heterocycles. The molecule has 1 aromatic rings. The van der Waals surface area contributed by atoms with E-state index in [1.807, 2.05) is 0 Å². The molecule has 76 valence electrons. The first-order chi connectivity index (χ1) is 6.66. The summed E-state index contributed by atoms with van der Waals surface area (Å²) in [7, 11) is 0. The van der Waals surface area contributed by atoms with E-state index in [2.05, 4.69) is 37.8 Å². The first-order valence-electron chi connectivity index (χ1n) is 5.43. The zero-order valence-corrected chi connectivity index (χ0v) is 11.3. The van der Waals surface area contributed by atoms with Crippen molar-refractivity contribution in [1.82, 2.24) is 0 Å². The van der Waals surface area contributed by atoms with Crippen molar-refractivity contribution in [3.8, 4) is 0 Å². The maximum atomic E-state index is 2.55. The summed E-state index contributed by atoms with van der Waals surface area (Å²) in [5, 5.41) is 1.42. The second-order valence-corrected chi connectivity index (χ2v) is 9.95. The van der Waals surface area contributed by atoms with Crippen LogP contribution < -0.4 is 0 Å². The SMILES string of the molecule is Cc1ccc(C)c(C[As](C)C2CC2)c1. The molecule has 0 nitrogen and oxygen atoms in total. The van der Waals surface area contributed by atoms with Crippen molar-refractivity contribution < 1.29 is 0 Å². The molecule has 2 rings (SSSR count). The second kappa shape index (κ2) is 4.11. The van der Waals surface area contributed by atoms with Gasteiger partial charge in [0.15, 0.2) is 0 Å². The molecule has 1 unspecified atom stereocenters. The second-order valence-electron chi connectivity index (χ2n) is 4.58. The third-order valence-electron chi connectivity index (χ3n) is 3.09. The van der Waals surface area contributed by atoms with Gasteiger partial charge in [-0.25, -0.2) is 0 Å². The Morgan fingerprint density at radius 2 is 2.00 bits per heavy atom. The predicted molar refractivity (Wildman–Crippen MR) is 64.2 cm³/mol. The fourth-order valence-electron chi connectivity index (χ4n) is 1.88. The molecule has 1 saturated carbocycles. The molecule has 0 spiro atoms. The fourth-order valence-corrected chi connectivity index (χ4v) is 6.43. The molecule has 1 fully saturated rings. The average molecular weight is 250 g/mol. The first-order valence-corrected chi connectivity index (χ1v) is 9.72. The number of benzene rings is 1. The van der Waals surface area contributed by atoms with Gasteiger partial charge in [-0.15, -0.1) is 0 Å². The maximum absolute atomic E-state index is 2.55. The Morgan fingerprint density at radius 3 is 2.64 bits per heavy atom. The molecule has 14 heavy (non-hydrogen) atoms. The molecule has 1 atom stereocenters. The zero-order chi connectivity index (χ0) is 10.1. The van der Waals surface area contributed by atoms with Crippen molar-refractivity contribution in [1.29, 1.82) is 0 Å². The predicted octanol–water partition coefficient (Wildman–Crippen LogP) is 3.67. The van der Waals surface area contributed by atoms with E-state index in [-0.39, 0.29) is 0 Å². The Morgan fingerprint density at radius 1 is 1.29 bits per heavy atom. The third kappa shape index (κ3) is 2.42. The van der Waals surface area contributed by atoms with Gasteiger partial charge in [-0.2, -0.15) is 0 Å². The van der Waals surface area contributed by atoms with E-state index in [0.29, 0.717) is 0 Å². The van der Waals surface area contributed by atoms with Crippen molar-refractivity contribution in [3.63, 3.8) is 0 Å². The number of hydrogen-bond donors (Lipinski definition) is 0. The van der Waals surface area contributed by atoms with Crippen LogP contribution >= 0.6 is 0 Å². The van der Waals surface area contributed by atoms with Crippen LogP contribution in [-0.2, 0) is 5.21 Å². The normalized spacial score (nSPS) is 18.2. The van der Waals surface area contributed by atoms with Crippen LogP contribution in [0.15, 0.2) is 18.2 Å². The van der Waals surface area contributed by atoms with Gasteiger partial charge in [-0.05, 0) is 0 Å². The summed E-state index contributed by atoms with van der Waals surface area (Å²) >= 11 is -0.506. The van der Waals surface area contributed by atoms with Gasteiger partial charge in [0, 0.05) is 0 Å². The minimum absolute atomic E-state index is 0.506. The zero-order valence-electron chi connectivity index (χ0n) is 9.38. The summed E-state index contributed by atoms with van der Waals surface area (Å²) in [4.78, 5) is 0. The van der Waals surface area contributed by atoms with E-state index in [9.17, 15) is 0 Å². The summed E-state index contributed by atoms with van der Waals surface area (Å²) in [6, 6.07) is 6.89. The molecule has 1 aromatic carbocycles. The van der Waals surface area contributed by atoms with E-state index in [0.717, 1.165) is 0 Å². The van der Waals surface area contributed by atoms with Crippen LogP contribution in [0.4, 0.5) is 0 Å². The standard InChI is InChI=1S/C13H19As/c1-10-4-5-11(2)12(8-10)9-14(3)13-6-7-13/h4-5,8,13H,6-7,9H2,1-3H3. The van der Waals surface area contributed by atoms with E-state index >= 15 is 0 Å². The van der Waals surface area contributed by atoms with Gasteiger partial charge in [0.2, 0.25) is 0 Å². The summed E-state index contributed by atoms with van der Waals surface area (Å²) in [6.07, 6.45) is 3.06. The Labute approximate surface area is 92.0 Å². The number of hydrogen-bond acceptors (Lipinski definition) is 0. The van der Waals surface area contributed by atoms with Gasteiger partial charge in [-0.1, -0.05) is 0 Å². The number of rotatable bonds is 3. The van der Waals surface area contributed by atoms with Crippen molar-refractivity contribution in [2.45, 2.75) is 42.3 Å². The van der Waals surface area contributed by atoms with Crippen LogP contribution in [0, 0.1) is 13.8 Å². The van der Waals surface area contributed by atoms with Crippen LogP contribution in [-0.4, -0.2) is 14.7 Å². The molecule has 0 aliphatic heterocycles. The minimum atomic E-state index is -0.506. The van der Waals surface area contributed by atoms with Crippen LogP contribution in [0.1, 0.15) is 29.5 Å². The molecule has 1 heteroatoms. The van der Waals surface area contributed by atoms with Crippen molar-refractivity contribution in [3.05, 3.63) is 34.9 Å². The van der Waals surface area contributed by atoms with E-state index < -0.39 is 14.7 Å². The van der Waals surface area contributed by atoms with Crippen LogP contribution in [0.3, 0.4) is 0 Å². The monoisotopic (exact) mass is 250 g/mol. The Bertz CT molecular complexity index is 326. The average Bonchev–Trinajstić information content (AvgIpc) is 2.94. The van der Waals surface area contributed by atoms with Crippen LogP contribution in [0.5, 0.6) is 0 Å². The van der Waals surface area contributed by atoms with Gasteiger partial charge in [0.25, 0.3) is 0 Å². The van der Waals surface area contributed by atoms with Gasteiger partial charge >= 0.3 is 91.9 Å². The van der Waals surface area contributed by atoms with Crippen molar-refractivity contribution in [2.24, 2.45) is 0 Å². The molecule has 0 amide bonds. The number of aryl methyl sites for hydroxylation is 2. The molecular weight excluding hydrogens is 231 g/mol. The molecule has 1 aliphatic rings. The molecule has 1 aliphatic carbocycles. The Balaban J connectivity index is 2.10. The van der Waals surface area contributed by atoms with Crippen molar-refractivity contribution in [2.75, 3.05) is 0 Å². The Kier molecular flexibility index (Phi) is 3.02. The first kappa shape index (κ1) is 10.3. The summed E-state index contributed by atoms with van der Waals surface area (Å²) in [6.45, 7) is 4.46. The van der Waals surface area contributed by atoms with Gasteiger partial charge < -0.3 is 0 Å². The molecular formula is C13H19As. The fraction of sp³-hybridized carbons (Fsp3) is 0.538. The van der Waals surface area contributed by atoms with Gasteiger partial charge in [-0.3, -0.25) is 0 Å².